The van der Waals surface area contributed by atoms with Gasteiger partial charge in [-0.15, -0.1) is 0 Å². The summed E-state index contributed by atoms with van der Waals surface area (Å²) in [5.74, 6) is 2.53. The lowest BCUT2D eigenvalue weighted by Gasteiger charge is -2.36. The summed E-state index contributed by atoms with van der Waals surface area (Å²) in [7, 11) is 0. The fourth-order valence-corrected chi connectivity index (χ4v) is 17.3. The Morgan fingerprint density at radius 2 is 0.844 bits per heavy atom. The van der Waals surface area contributed by atoms with Crippen molar-refractivity contribution in [1.82, 2.24) is 55.0 Å². The zero-order valence-corrected chi connectivity index (χ0v) is 70.5. The summed E-state index contributed by atoms with van der Waals surface area (Å²) in [6.07, 6.45) is 28.3. The van der Waals surface area contributed by atoms with E-state index in [0.717, 1.165) is 213 Å². The Labute approximate surface area is 739 Å². The molecule has 6 saturated heterocycles. The standard InChI is InChI=1S/C28H25N3O4.C25H23N5O3.C25H25N3O2.C24H20N4O2/c29-15-20-13-19(3-6-26(20)35-22-8-11-33-12-9-22)23-7-10-30-27-24(23)14-25(31-27)18-1-4-21(5-2-18)28(32)16-34-17-28;26-11-17-9-16(1-2-24(17)33-20-4-7-31-8-5-20)21-3-6-27-25-22(21)10-23(29-25)18-12-28-30(13-18)19-14-32-15-19;26-16-20-13-18(1-2-25(20)30-21-6-11-29-12-7-21)22-5-10-28-24-15-19(14-23(22)24)17-3-8-27-9-4-17;25-14-18-12-16(3-4-23(18)30-19-6-10-29-11-7-19)20-5-9-27-24-21(20)13-22(28-24)17-2-1-8-26-15-17/h1-7,10,13-14,22,32H,8-9,11-12,16-17H2,(H,30,31);1-3,6,9-10,12-13,19-20H,4-5,7-8,14-15H2,(H,27,29);1-3,5,10,13-14,21,27H,4,6-9,11-12,15H2;1-5,8-9,12-13,15,19H,6-7,10-11H2,(H,27,28). The van der Waals surface area contributed by atoms with Gasteiger partial charge >= 0.3 is 0 Å². The highest BCUT2D eigenvalue weighted by molar-refractivity contribution is 5.99. The number of rotatable bonds is 18. The number of H-pyrrole nitrogens is 3. The zero-order valence-electron chi connectivity index (χ0n) is 70.5. The molecule has 0 saturated carbocycles. The number of fused-ring (bicyclic) bond motifs is 4. The number of hydrogen-bond acceptors (Lipinski definition) is 22. The molecule has 0 bridgehead atoms. The van der Waals surface area contributed by atoms with Crippen LogP contribution in [-0.4, -0.2) is 172 Å². The number of aromatic nitrogens is 10. The predicted octanol–water partition coefficient (Wildman–Crippen LogP) is 17.4. The molecule has 6 fully saturated rings. The summed E-state index contributed by atoms with van der Waals surface area (Å²) in [6, 6.07) is 58.8. The number of hydrogen-bond donors (Lipinski definition) is 5. The van der Waals surface area contributed by atoms with E-state index in [-0.39, 0.29) is 24.4 Å². The molecular weight excluding hydrogens is 1610 g/mol. The minimum atomic E-state index is -0.882. The molecule has 0 radical (unpaired) electrons. The molecule has 5 N–H and O–H groups in total. The average molecular weight is 1700 g/mol. The van der Waals surface area contributed by atoms with Crippen molar-refractivity contribution in [3.8, 4) is 126 Å². The van der Waals surface area contributed by atoms with E-state index in [1.165, 1.54) is 16.7 Å². The van der Waals surface area contributed by atoms with Crippen LogP contribution in [0.25, 0.3) is 117 Å². The van der Waals surface area contributed by atoms with Crippen LogP contribution in [-0.2, 0) is 40.4 Å². The number of aliphatic hydroxyl groups is 1. The summed E-state index contributed by atoms with van der Waals surface area (Å²) in [5, 5.41) is 60.3. The number of pyridine rings is 5. The lowest BCUT2D eigenvalue weighted by Crippen LogP contribution is -2.46. The van der Waals surface area contributed by atoms with Crippen LogP contribution in [0.5, 0.6) is 23.0 Å². The molecule has 8 aliphatic rings. The molecule has 22 rings (SSSR count). The molecule has 26 nitrogen and oxygen atoms in total. The van der Waals surface area contributed by atoms with Gasteiger partial charge in [-0.3, -0.25) is 14.6 Å². The molecule has 26 heteroatoms. The van der Waals surface area contributed by atoms with Crippen LogP contribution in [0.1, 0.15) is 103 Å². The second kappa shape index (κ2) is 38.5. The van der Waals surface area contributed by atoms with Crippen LogP contribution in [0.3, 0.4) is 0 Å². The number of aromatic amines is 3. The minimum absolute atomic E-state index is 0.0745. The number of nitrogens with one attached hydrogen (secondary N) is 4. The summed E-state index contributed by atoms with van der Waals surface area (Å²) in [4.78, 5) is 32.5. The Morgan fingerprint density at radius 3 is 1.24 bits per heavy atom. The van der Waals surface area contributed by atoms with Crippen molar-refractivity contribution in [2.24, 2.45) is 0 Å². The van der Waals surface area contributed by atoms with Crippen LogP contribution in [0.2, 0.25) is 0 Å². The first-order valence-electron chi connectivity index (χ1n) is 43.7. The first kappa shape index (κ1) is 83.5. The molecule has 0 amide bonds. The van der Waals surface area contributed by atoms with Crippen LogP contribution < -0.4 is 24.3 Å². The number of benzene rings is 5. The fourth-order valence-electron chi connectivity index (χ4n) is 17.3. The summed E-state index contributed by atoms with van der Waals surface area (Å²) < 4.78 is 58.4. The van der Waals surface area contributed by atoms with Gasteiger partial charge in [0.05, 0.1) is 125 Å². The Bertz CT molecular complexity index is 6610. The minimum Gasteiger partial charge on any atom is -0.489 e. The van der Waals surface area contributed by atoms with Crippen LogP contribution in [0, 0.1) is 45.3 Å². The number of allylic oxidation sites excluding steroid dienone is 1. The monoisotopic (exact) mass is 1700 g/mol. The first-order valence-corrected chi connectivity index (χ1v) is 43.7. The van der Waals surface area contributed by atoms with Crippen molar-refractivity contribution < 1.29 is 52.5 Å². The maximum absolute atomic E-state index is 10.5. The van der Waals surface area contributed by atoms with Gasteiger partial charge in [0.15, 0.2) is 0 Å². The molecule has 642 valence electrons. The van der Waals surface area contributed by atoms with Gasteiger partial charge in [0, 0.05) is 152 Å². The van der Waals surface area contributed by atoms with Gasteiger partial charge in [0.25, 0.3) is 0 Å². The summed E-state index contributed by atoms with van der Waals surface area (Å²) >= 11 is 0. The average Bonchev–Trinajstić information content (AvgIpc) is 1.63. The largest absolute Gasteiger partial charge is 0.489 e. The highest BCUT2D eigenvalue weighted by atomic mass is 16.5. The van der Waals surface area contributed by atoms with Gasteiger partial charge in [-0.1, -0.05) is 54.6 Å². The second-order valence-electron chi connectivity index (χ2n) is 32.9. The highest BCUT2D eigenvalue weighted by Crippen LogP contribution is 2.43. The van der Waals surface area contributed by atoms with Gasteiger partial charge < -0.3 is 72.7 Å². The third kappa shape index (κ3) is 18.5. The first-order chi connectivity index (χ1) is 63.0. The fraction of sp³-hybridized carbons (Fsp3) is 0.294. The van der Waals surface area contributed by atoms with E-state index < -0.39 is 5.60 Å². The van der Waals surface area contributed by atoms with Crippen molar-refractivity contribution in [1.29, 1.82) is 21.0 Å². The molecule has 0 spiro atoms. The van der Waals surface area contributed by atoms with E-state index in [1.807, 2.05) is 157 Å². The Balaban J connectivity index is 0.000000111. The van der Waals surface area contributed by atoms with E-state index in [1.54, 1.807) is 24.8 Å². The third-order valence-corrected chi connectivity index (χ3v) is 24.6. The molecule has 14 aromatic rings. The van der Waals surface area contributed by atoms with Crippen molar-refractivity contribution in [3.05, 3.63) is 258 Å². The van der Waals surface area contributed by atoms with Crippen LogP contribution in [0.15, 0.2) is 218 Å². The third-order valence-electron chi connectivity index (χ3n) is 24.6. The Hall–Kier alpha value is -14.0. The number of nitrogens with zero attached hydrogens (tertiary/aromatic N) is 11. The number of nitriles is 4. The molecule has 9 aromatic heterocycles. The van der Waals surface area contributed by atoms with Gasteiger partial charge in [0.2, 0.25) is 0 Å². The molecule has 16 heterocycles. The van der Waals surface area contributed by atoms with Crippen molar-refractivity contribution >= 4 is 39.2 Å². The van der Waals surface area contributed by atoms with Crippen molar-refractivity contribution in [2.75, 3.05) is 92.4 Å². The smallest absolute Gasteiger partial charge is 0.138 e. The van der Waals surface area contributed by atoms with E-state index >= 15 is 0 Å². The van der Waals surface area contributed by atoms with Crippen LogP contribution >= 0.6 is 0 Å². The zero-order chi connectivity index (χ0) is 86.7. The van der Waals surface area contributed by atoms with E-state index in [0.29, 0.717) is 117 Å². The van der Waals surface area contributed by atoms with Gasteiger partial charge in [-0.05, 0) is 189 Å². The topological polar surface area (TPSA) is 349 Å². The normalized spacial score (nSPS) is 17.0. The van der Waals surface area contributed by atoms with Crippen LogP contribution in [0.4, 0.5) is 0 Å². The number of ether oxygens (including phenoxy) is 10. The lowest BCUT2D eigenvalue weighted by atomic mass is 9.91. The van der Waals surface area contributed by atoms with Gasteiger partial charge in [-0.2, -0.15) is 26.1 Å². The highest BCUT2D eigenvalue weighted by Gasteiger charge is 2.38. The SMILES string of the molecule is N#Cc1cc(-c2ccnc3[nH]c(-c4ccc(C5(O)COC5)cc4)cc23)ccc1OC1CCOCC1.N#Cc1cc(-c2ccnc3[nH]c(-c4cccnc4)cc23)ccc1OC1CCOCC1.N#Cc1cc(-c2ccnc3[nH]c(-c4cnn(C5COC5)c4)cc23)ccc1OC1CCOCC1.N#Cc1cc(-c2ccnc3c2C=C(C2=CCNCC2)C3)ccc1OC1CCOCC1. The van der Waals surface area contributed by atoms with Crippen molar-refractivity contribution in [2.45, 2.75) is 100 Å². The Kier molecular flexibility index (Phi) is 25.1. The van der Waals surface area contributed by atoms with Gasteiger partial charge in [0.1, 0.15) is 94.2 Å². The van der Waals surface area contributed by atoms with E-state index in [9.17, 15) is 26.2 Å². The van der Waals surface area contributed by atoms with Gasteiger partial charge in [-0.25, -0.2) is 15.0 Å². The molecule has 1 aliphatic carbocycles. The van der Waals surface area contributed by atoms with E-state index in [2.05, 4.69) is 111 Å². The molecule has 128 heavy (non-hydrogen) atoms. The van der Waals surface area contributed by atoms with E-state index in [4.69, 9.17) is 47.4 Å². The lowest BCUT2D eigenvalue weighted by molar-refractivity contribution is -0.184. The second-order valence-corrected chi connectivity index (χ2v) is 32.9. The quantitative estimate of drug-likeness (QED) is 0.0533. The molecule has 0 unspecified atom stereocenters. The molecular formula is C102H93N15O11. The summed E-state index contributed by atoms with van der Waals surface area (Å²) in [6.45, 7) is 9.63. The predicted molar refractivity (Wildman–Crippen MR) is 483 cm³/mol. The molecule has 7 aliphatic heterocycles. The molecule has 0 atom stereocenters. The molecule has 5 aromatic carbocycles. The summed E-state index contributed by atoms with van der Waals surface area (Å²) in [5.41, 5.74) is 23.4. The Morgan fingerprint density at radius 1 is 0.422 bits per heavy atom. The maximum Gasteiger partial charge on any atom is 0.138 e. The van der Waals surface area contributed by atoms with Crippen molar-refractivity contribution in [3.63, 3.8) is 0 Å². The maximum atomic E-state index is 10.5.